The van der Waals surface area contributed by atoms with Crippen molar-refractivity contribution >= 4 is 33.6 Å². The van der Waals surface area contributed by atoms with E-state index in [1.54, 1.807) is 0 Å². The minimum Gasteiger partial charge on any atom is -0.274 e. The minimum atomic E-state index is 0.109. The molecule has 0 amide bonds. The predicted octanol–water partition coefficient (Wildman–Crippen LogP) is 11.0. The highest BCUT2D eigenvalue weighted by Crippen LogP contribution is 2.42. The van der Waals surface area contributed by atoms with E-state index in [1.807, 2.05) is 23.5 Å². The highest BCUT2D eigenvalue weighted by Gasteiger charge is 2.31. The van der Waals surface area contributed by atoms with Gasteiger partial charge in [0.15, 0.2) is 0 Å². The molecule has 0 unspecified atom stereocenters. The molecule has 41 heavy (non-hydrogen) atoms. The summed E-state index contributed by atoms with van der Waals surface area (Å²) in [6.45, 7) is 32.6. The Hall–Kier alpha value is -1.52. The Balaban J connectivity index is 1.61. The summed E-state index contributed by atoms with van der Waals surface area (Å²) in [5.41, 5.74) is 11.9. The number of rotatable bonds is 4. The van der Waals surface area contributed by atoms with E-state index in [0.29, 0.717) is 0 Å². The molecule has 2 nitrogen and oxygen atoms in total. The van der Waals surface area contributed by atoms with E-state index >= 15 is 0 Å². The van der Waals surface area contributed by atoms with Gasteiger partial charge in [-0.3, -0.25) is 9.98 Å². The molecule has 0 radical (unpaired) electrons. The Bertz CT molecular complexity index is 1190. The molecular weight excluding hydrogens is 537 g/mol. The molecule has 2 aromatic carbocycles. The van der Waals surface area contributed by atoms with Gasteiger partial charge in [-0.05, 0) is 80.0 Å². The van der Waals surface area contributed by atoms with E-state index in [0.717, 1.165) is 17.9 Å². The second-order valence-electron chi connectivity index (χ2n) is 16.4. The van der Waals surface area contributed by atoms with Crippen LogP contribution in [-0.2, 0) is 21.7 Å². The smallest absolute Gasteiger partial charge is 0.0853 e. The fraction of sp³-hybridized carbons (Fsp3) is 0.622. The van der Waals surface area contributed by atoms with E-state index in [-0.39, 0.29) is 33.7 Å². The maximum absolute atomic E-state index is 5.29. The van der Waals surface area contributed by atoms with Crippen molar-refractivity contribution in [1.29, 1.82) is 0 Å². The third-order valence-electron chi connectivity index (χ3n) is 8.58. The number of hydrogen-bond acceptors (Lipinski definition) is 4. The van der Waals surface area contributed by atoms with E-state index in [9.17, 15) is 0 Å². The molecule has 0 bridgehead atoms. The molecule has 0 saturated heterocycles. The van der Waals surface area contributed by atoms with Crippen LogP contribution in [0.3, 0.4) is 0 Å². The highest BCUT2D eigenvalue weighted by molar-refractivity contribution is 8.16. The van der Waals surface area contributed by atoms with Crippen molar-refractivity contribution in [2.75, 3.05) is 11.5 Å². The molecule has 0 fully saturated rings. The topological polar surface area (TPSA) is 24.7 Å². The van der Waals surface area contributed by atoms with E-state index in [1.165, 1.54) is 54.6 Å². The molecule has 0 saturated carbocycles. The van der Waals surface area contributed by atoms with Gasteiger partial charge in [-0.15, -0.1) is 23.5 Å². The molecule has 2 aliphatic heterocycles. The number of thioether (sulfide) groups is 2. The van der Waals surface area contributed by atoms with Crippen molar-refractivity contribution in [2.24, 2.45) is 9.98 Å². The summed E-state index contributed by atoms with van der Waals surface area (Å²) in [4.78, 5) is 10.6. The summed E-state index contributed by atoms with van der Waals surface area (Å²) in [6.07, 6.45) is 0.872. The third-order valence-corrected chi connectivity index (χ3v) is 10.7. The van der Waals surface area contributed by atoms with Crippen LogP contribution < -0.4 is 0 Å². The average Bonchev–Trinajstić information content (AvgIpc) is 3.46. The molecule has 0 N–H and O–H groups in total. The molecule has 4 rings (SSSR count). The van der Waals surface area contributed by atoms with Crippen molar-refractivity contribution in [2.45, 2.75) is 137 Å². The highest BCUT2D eigenvalue weighted by atomic mass is 32.2. The van der Waals surface area contributed by atoms with Gasteiger partial charge in [0.05, 0.1) is 22.2 Å². The summed E-state index contributed by atoms with van der Waals surface area (Å²) in [7, 11) is 0. The molecule has 2 heterocycles. The van der Waals surface area contributed by atoms with Gasteiger partial charge < -0.3 is 0 Å². The van der Waals surface area contributed by atoms with Crippen LogP contribution in [0.1, 0.15) is 146 Å². The summed E-state index contributed by atoms with van der Waals surface area (Å²) >= 11 is 3.86. The lowest BCUT2D eigenvalue weighted by atomic mass is 9.75. The number of aliphatic imine (C=N–C) groups is 2. The first-order valence-corrected chi connectivity index (χ1v) is 17.3. The predicted molar refractivity (Wildman–Crippen MR) is 187 cm³/mol. The molecule has 4 heteroatoms. The first kappa shape index (κ1) is 32.4. The van der Waals surface area contributed by atoms with Crippen LogP contribution in [0.5, 0.6) is 0 Å². The maximum atomic E-state index is 5.29. The Morgan fingerprint density at radius 2 is 0.805 bits per heavy atom. The SMILES string of the molecule is Cc1c(C(C)(C)C)cc([C@@H]2CSC(CC3=N[C@H](c4cc(C(C)(C)C)c(C)c(C(C)(C)C)c4)CS3)=N2)cc1C(C)(C)C. The zero-order chi connectivity index (χ0) is 30.7. The zero-order valence-electron chi connectivity index (χ0n) is 28.3. The Labute approximate surface area is 260 Å². The molecule has 2 aliphatic rings. The van der Waals surface area contributed by atoms with Crippen LogP contribution in [-0.4, -0.2) is 21.6 Å². The fourth-order valence-corrected chi connectivity index (χ4v) is 8.69. The lowest BCUT2D eigenvalue weighted by molar-refractivity contribution is 0.557. The van der Waals surface area contributed by atoms with Crippen molar-refractivity contribution in [1.82, 2.24) is 0 Å². The van der Waals surface area contributed by atoms with Crippen LogP contribution >= 0.6 is 23.5 Å². The maximum Gasteiger partial charge on any atom is 0.0853 e. The van der Waals surface area contributed by atoms with Crippen LogP contribution in [0.15, 0.2) is 34.3 Å². The summed E-state index contributed by atoms with van der Waals surface area (Å²) in [5.74, 6) is 2.05. The van der Waals surface area contributed by atoms with Crippen molar-refractivity contribution in [3.8, 4) is 0 Å². The Kier molecular flexibility index (Phi) is 8.85. The quantitative estimate of drug-likeness (QED) is 0.354. The second-order valence-corrected chi connectivity index (χ2v) is 18.5. The molecule has 0 spiro atoms. The van der Waals surface area contributed by atoms with Gasteiger partial charge >= 0.3 is 0 Å². The summed E-state index contributed by atoms with van der Waals surface area (Å²) < 4.78 is 0. The number of nitrogens with zero attached hydrogens (tertiary/aromatic N) is 2. The molecule has 0 aliphatic carbocycles. The normalized spacial score (nSPS) is 20.4. The van der Waals surface area contributed by atoms with Crippen LogP contribution in [0.25, 0.3) is 0 Å². The lowest BCUT2D eigenvalue weighted by Crippen LogP contribution is -2.20. The average molecular weight is 591 g/mol. The van der Waals surface area contributed by atoms with Gasteiger partial charge in [0.1, 0.15) is 0 Å². The second kappa shape index (κ2) is 11.2. The number of hydrogen-bond donors (Lipinski definition) is 0. The standard InChI is InChI=1S/C37H54N2S2/c1-22-26(34(3,4)5)15-24(16-27(22)35(6,7)8)30-20-40-32(38-30)19-33-39-31(21-41-33)25-17-28(36(9,10)11)23(2)29(18-25)37(12,13)14/h15-18,30-31H,19-21H2,1-14H3/t30-,31-/m0/s1. The fourth-order valence-electron chi connectivity index (χ4n) is 6.49. The third kappa shape index (κ3) is 7.18. The monoisotopic (exact) mass is 590 g/mol. The lowest BCUT2D eigenvalue weighted by Gasteiger charge is -2.30. The molecule has 224 valence electrons. The van der Waals surface area contributed by atoms with Gasteiger partial charge in [0.25, 0.3) is 0 Å². The molecule has 2 atom stereocenters. The van der Waals surface area contributed by atoms with Crippen molar-refractivity contribution < 1.29 is 0 Å². The summed E-state index contributed by atoms with van der Waals surface area (Å²) in [6, 6.07) is 10.2. The van der Waals surface area contributed by atoms with Gasteiger partial charge in [0.2, 0.25) is 0 Å². The van der Waals surface area contributed by atoms with Crippen LogP contribution in [0.4, 0.5) is 0 Å². The van der Waals surface area contributed by atoms with Crippen LogP contribution in [0.2, 0.25) is 0 Å². The Morgan fingerprint density at radius 3 is 1.05 bits per heavy atom. The zero-order valence-corrected chi connectivity index (χ0v) is 29.9. The summed E-state index contributed by atoms with van der Waals surface area (Å²) in [5, 5.41) is 2.48. The van der Waals surface area contributed by atoms with Crippen LogP contribution in [0, 0.1) is 13.8 Å². The van der Waals surface area contributed by atoms with E-state index < -0.39 is 0 Å². The first-order chi connectivity index (χ1) is 18.7. The molecule has 0 aromatic heterocycles. The largest absolute Gasteiger partial charge is 0.274 e. The molecular formula is C37H54N2S2. The van der Waals surface area contributed by atoms with E-state index in [2.05, 4.69) is 121 Å². The van der Waals surface area contributed by atoms with Crippen molar-refractivity contribution in [3.05, 3.63) is 68.8 Å². The first-order valence-electron chi connectivity index (χ1n) is 15.4. The van der Waals surface area contributed by atoms with Gasteiger partial charge in [-0.25, -0.2) is 0 Å². The van der Waals surface area contributed by atoms with E-state index in [4.69, 9.17) is 9.98 Å². The van der Waals surface area contributed by atoms with Crippen molar-refractivity contribution in [3.63, 3.8) is 0 Å². The number of benzene rings is 2. The minimum absolute atomic E-state index is 0.109. The van der Waals surface area contributed by atoms with Gasteiger partial charge in [0, 0.05) is 17.9 Å². The Morgan fingerprint density at radius 1 is 0.537 bits per heavy atom. The van der Waals surface area contributed by atoms with Gasteiger partial charge in [-0.1, -0.05) is 107 Å². The molecule has 2 aromatic rings. The van der Waals surface area contributed by atoms with Gasteiger partial charge in [-0.2, -0.15) is 0 Å².